The van der Waals surface area contributed by atoms with Crippen LogP contribution in [-0.4, -0.2) is 27.5 Å². The maximum absolute atomic E-state index is 12.3. The molecule has 0 fully saturated rings. The molecule has 0 bridgehead atoms. The number of nitrogens with one attached hydrogen (secondary N) is 2. The van der Waals surface area contributed by atoms with Gasteiger partial charge in [-0.1, -0.05) is 6.07 Å². The van der Waals surface area contributed by atoms with Crippen molar-refractivity contribution < 1.29 is 17.9 Å². The summed E-state index contributed by atoms with van der Waals surface area (Å²) in [5.41, 5.74) is 3.27. The van der Waals surface area contributed by atoms with Crippen molar-refractivity contribution in [2.45, 2.75) is 37.5 Å². The minimum absolute atomic E-state index is 0.144. The molecule has 6 nitrogen and oxygen atoms in total. The van der Waals surface area contributed by atoms with E-state index in [1.807, 2.05) is 6.07 Å². The van der Waals surface area contributed by atoms with Gasteiger partial charge in [-0.3, -0.25) is 4.79 Å². The molecule has 1 amide bonds. The van der Waals surface area contributed by atoms with Crippen LogP contribution in [0.2, 0.25) is 0 Å². The molecule has 0 aromatic heterocycles. The Balaban J connectivity index is 1.51. The van der Waals surface area contributed by atoms with E-state index in [1.165, 1.54) is 43.0 Å². The van der Waals surface area contributed by atoms with Crippen molar-refractivity contribution in [3.63, 3.8) is 0 Å². The van der Waals surface area contributed by atoms with Gasteiger partial charge in [-0.15, -0.1) is 0 Å². The van der Waals surface area contributed by atoms with Crippen LogP contribution in [0, 0.1) is 0 Å². The van der Waals surface area contributed by atoms with Crippen LogP contribution in [0.1, 0.15) is 30.9 Å². The van der Waals surface area contributed by atoms with Crippen LogP contribution < -0.4 is 14.8 Å². The van der Waals surface area contributed by atoms with Gasteiger partial charge in [0, 0.05) is 19.2 Å². The quantitative estimate of drug-likeness (QED) is 0.715. The number of carbonyl (C=O) groups is 1. The molecule has 2 aromatic rings. The summed E-state index contributed by atoms with van der Waals surface area (Å²) >= 11 is 0. The lowest BCUT2D eigenvalue weighted by atomic mass is 9.92. The molecular formula is C20H24N2O4S. The number of fused-ring (bicyclic) bond motifs is 1. The summed E-state index contributed by atoms with van der Waals surface area (Å²) in [4.78, 5) is 11.2. The molecule has 0 saturated carbocycles. The second kappa shape index (κ2) is 8.54. The number of aryl methyl sites for hydroxylation is 2. The fraction of sp³-hybridized carbons (Fsp3) is 0.350. The Labute approximate surface area is 160 Å². The SMILES string of the molecule is CC(=O)Nc1ccc(S(=O)(=O)NCCOc2ccc3c(c2)CCCC3)cc1. The van der Waals surface area contributed by atoms with Crippen molar-refractivity contribution in [3.05, 3.63) is 53.6 Å². The van der Waals surface area contributed by atoms with Crippen LogP contribution in [0.25, 0.3) is 0 Å². The molecule has 2 N–H and O–H groups in total. The monoisotopic (exact) mass is 388 g/mol. The van der Waals surface area contributed by atoms with E-state index in [4.69, 9.17) is 4.74 Å². The molecular weight excluding hydrogens is 364 g/mol. The molecule has 7 heteroatoms. The summed E-state index contributed by atoms with van der Waals surface area (Å²) in [6, 6.07) is 12.1. The highest BCUT2D eigenvalue weighted by Crippen LogP contribution is 2.25. The molecule has 0 spiro atoms. The van der Waals surface area contributed by atoms with E-state index in [1.54, 1.807) is 12.1 Å². The summed E-state index contributed by atoms with van der Waals surface area (Å²) in [5, 5.41) is 2.60. The van der Waals surface area contributed by atoms with Gasteiger partial charge in [0.2, 0.25) is 15.9 Å². The lowest BCUT2D eigenvalue weighted by molar-refractivity contribution is -0.114. The lowest BCUT2D eigenvalue weighted by Gasteiger charge is -2.17. The largest absolute Gasteiger partial charge is 0.492 e. The molecule has 0 saturated heterocycles. The molecule has 1 aliphatic rings. The van der Waals surface area contributed by atoms with Gasteiger partial charge in [0.05, 0.1) is 4.90 Å². The van der Waals surface area contributed by atoms with Crippen molar-refractivity contribution in [1.29, 1.82) is 0 Å². The smallest absolute Gasteiger partial charge is 0.240 e. The van der Waals surface area contributed by atoms with E-state index >= 15 is 0 Å². The van der Waals surface area contributed by atoms with Crippen molar-refractivity contribution in [2.75, 3.05) is 18.5 Å². The average Bonchev–Trinajstić information content (AvgIpc) is 2.65. The Kier molecular flexibility index (Phi) is 6.13. The number of amides is 1. The molecule has 144 valence electrons. The molecule has 1 aliphatic carbocycles. The van der Waals surface area contributed by atoms with Crippen LogP contribution in [0.3, 0.4) is 0 Å². The molecule has 0 unspecified atom stereocenters. The van der Waals surface area contributed by atoms with Gasteiger partial charge in [0.25, 0.3) is 0 Å². The van der Waals surface area contributed by atoms with Gasteiger partial charge in [-0.25, -0.2) is 13.1 Å². The fourth-order valence-electron chi connectivity index (χ4n) is 3.15. The first-order valence-corrected chi connectivity index (χ1v) is 10.5. The number of ether oxygens (including phenoxy) is 1. The Hall–Kier alpha value is -2.38. The van der Waals surface area contributed by atoms with Gasteiger partial charge >= 0.3 is 0 Å². The lowest BCUT2D eigenvalue weighted by Crippen LogP contribution is -2.28. The van der Waals surface area contributed by atoms with E-state index in [-0.39, 0.29) is 24.0 Å². The average molecular weight is 388 g/mol. The summed E-state index contributed by atoms with van der Waals surface area (Å²) in [5.74, 6) is 0.567. The van der Waals surface area contributed by atoms with Crippen LogP contribution in [-0.2, 0) is 27.7 Å². The standard InChI is InChI=1S/C20H24N2O4S/c1-15(23)22-18-7-10-20(11-8-18)27(24,25)21-12-13-26-19-9-6-16-4-2-3-5-17(16)14-19/h6-11,14,21H,2-5,12-13H2,1H3,(H,22,23). The van der Waals surface area contributed by atoms with Gasteiger partial charge in [-0.05, 0) is 73.2 Å². The van der Waals surface area contributed by atoms with E-state index in [0.717, 1.165) is 18.6 Å². The number of benzene rings is 2. The van der Waals surface area contributed by atoms with Gasteiger partial charge < -0.3 is 10.1 Å². The number of carbonyl (C=O) groups excluding carboxylic acids is 1. The van der Waals surface area contributed by atoms with Crippen molar-refractivity contribution in [1.82, 2.24) is 4.72 Å². The highest BCUT2D eigenvalue weighted by atomic mass is 32.2. The maximum Gasteiger partial charge on any atom is 0.240 e. The zero-order valence-corrected chi connectivity index (χ0v) is 16.1. The van der Waals surface area contributed by atoms with Crippen molar-refractivity contribution >= 4 is 21.6 Å². The highest BCUT2D eigenvalue weighted by molar-refractivity contribution is 7.89. The molecule has 3 rings (SSSR count). The molecule has 0 radical (unpaired) electrons. The van der Waals surface area contributed by atoms with Gasteiger partial charge in [0.1, 0.15) is 12.4 Å². The van der Waals surface area contributed by atoms with E-state index in [9.17, 15) is 13.2 Å². The van der Waals surface area contributed by atoms with E-state index < -0.39 is 10.0 Å². The summed E-state index contributed by atoms with van der Waals surface area (Å²) in [6.07, 6.45) is 4.64. The molecule has 2 aromatic carbocycles. The van der Waals surface area contributed by atoms with Crippen molar-refractivity contribution in [2.24, 2.45) is 0 Å². The minimum atomic E-state index is -3.62. The predicted molar refractivity (Wildman–Crippen MR) is 105 cm³/mol. The Bertz CT molecular complexity index is 908. The summed E-state index contributed by atoms with van der Waals surface area (Å²) in [7, 11) is -3.62. The molecule has 27 heavy (non-hydrogen) atoms. The third-order valence-corrected chi connectivity index (χ3v) is 5.94. The highest BCUT2D eigenvalue weighted by Gasteiger charge is 2.14. The molecule has 0 aliphatic heterocycles. The first-order chi connectivity index (χ1) is 12.9. The zero-order chi connectivity index (χ0) is 19.3. The third kappa shape index (κ3) is 5.30. The molecule has 0 heterocycles. The normalized spacial score (nSPS) is 13.7. The third-order valence-electron chi connectivity index (χ3n) is 4.47. The summed E-state index contributed by atoms with van der Waals surface area (Å²) in [6.45, 7) is 1.82. The molecule has 0 atom stereocenters. The number of rotatable bonds is 7. The van der Waals surface area contributed by atoms with Crippen LogP contribution >= 0.6 is 0 Å². The first-order valence-electron chi connectivity index (χ1n) is 9.06. The number of hydrogen-bond acceptors (Lipinski definition) is 4. The zero-order valence-electron chi connectivity index (χ0n) is 15.3. The van der Waals surface area contributed by atoms with E-state index in [2.05, 4.69) is 22.2 Å². The number of sulfonamides is 1. The Morgan fingerprint density at radius 1 is 1.04 bits per heavy atom. The van der Waals surface area contributed by atoms with Crippen molar-refractivity contribution in [3.8, 4) is 5.75 Å². The second-order valence-corrected chi connectivity index (χ2v) is 8.36. The Morgan fingerprint density at radius 3 is 2.44 bits per heavy atom. The van der Waals surface area contributed by atoms with E-state index in [0.29, 0.717) is 5.69 Å². The van der Waals surface area contributed by atoms with Gasteiger partial charge in [0.15, 0.2) is 0 Å². The predicted octanol–water partition coefficient (Wildman–Crippen LogP) is 2.88. The second-order valence-electron chi connectivity index (χ2n) is 6.59. The number of anilines is 1. The maximum atomic E-state index is 12.3. The van der Waals surface area contributed by atoms with Crippen LogP contribution in [0.4, 0.5) is 5.69 Å². The Morgan fingerprint density at radius 2 is 1.74 bits per heavy atom. The first kappa shape index (κ1) is 19.4. The van der Waals surface area contributed by atoms with Crippen LogP contribution in [0.5, 0.6) is 5.75 Å². The van der Waals surface area contributed by atoms with Crippen LogP contribution in [0.15, 0.2) is 47.4 Å². The topological polar surface area (TPSA) is 84.5 Å². The fourth-order valence-corrected chi connectivity index (χ4v) is 4.16. The number of hydrogen-bond donors (Lipinski definition) is 2. The summed E-state index contributed by atoms with van der Waals surface area (Å²) < 4.78 is 32.8. The minimum Gasteiger partial charge on any atom is -0.492 e. The van der Waals surface area contributed by atoms with Gasteiger partial charge in [-0.2, -0.15) is 0 Å².